The van der Waals surface area contributed by atoms with Crippen molar-refractivity contribution in [1.29, 1.82) is 0 Å². The van der Waals surface area contributed by atoms with E-state index in [9.17, 15) is 0 Å². The maximum atomic E-state index is 5.17. The number of hydrogen-bond acceptors (Lipinski definition) is 3. The van der Waals surface area contributed by atoms with Gasteiger partial charge in [0.05, 0.1) is 16.6 Å². The molecule has 0 aliphatic heterocycles. The Morgan fingerprint density at radius 2 is 1.09 bits per heavy atom. The van der Waals surface area contributed by atoms with Crippen LogP contribution in [0.5, 0.6) is 0 Å². The molecular weight excluding hydrogens is 538 g/mol. The first-order chi connectivity index (χ1) is 21.8. The lowest BCUT2D eigenvalue weighted by Crippen LogP contribution is -2.11. The van der Waals surface area contributed by atoms with Crippen molar-refractivity contribution in [3.63, 3.8) is 0 Å². The molecule has 1 aliphatic carbocycles. The molecule has 0 N–H and O–H groups in total. The molecule has 5 aromatic carbocycles. The van der Waals surface area contributed by atoms with Gasteiger partial charge in [-0.1, -0.05) is 103 Å². The Morgan fingerprint density at radius 3 is 1.80 bits per heavy atom. The van der Waals surface area contributed by atoms with Crippen LogP contribution in [-0.2, 0) is 12.8 Å². The molecule has 0 atom stereocenters. The average molecular weight is 568 g/mol. The van der Waals surface area contributed by atoms with Gasteiger partial charge in [0, 0.05) is 38.7 Å². The summed E-state index contributed by atoms with van der Waals surface area (Å²) in [5, 5.41) is 3.84. The van der Waals surface area contributed by atoms with E-state index < -0.39 is 0 Å². The minimum Gasteiger partial charge on any atom is -0.309 e. The van der Waals surface area contributed by atoms with Crippen LogP contribution in [-0.4, -0.2) is 24.1 Å². The van der Waals surface area contributed by atoms with Crippen molar-refractivity contribution < 1.29 is 0 Å². The molecule has 0 unspecified atom stereocenters. The highest BCUT2D eigenvalue weighted by molar-refractivity contribution is 6.19. The molecule has 9 rings (SSSR count). The number of aryl methyl sites for hydroxylation is 1. The van der Waals surface area contributed by atoms with Crippen LogP contribution in [0, 0.1) is 0 Å². The van der Waals surface area contributed by atoms with Crippen molar-refractivity contribution in [3.05, 3.63) is 139 Å². The molecule has 5 heteroatoms. The molecule has 3 aromatic heterocycles. The predicted octanol–water partition coefficient (Wildman–Crippen LogP) is 9.13. The zero-order valence-corrected chi connectivity index (χ0v) is 24.2. The van der Waals surface area contributed by atoms with E-state index in [1.807, 2.05) is 36.4 Å². The summed E-state index contributed by atoms with van der Waals surface area (Å²) in [7, 11) is 0. The second-order valence-corrected chi connectivity index (χ2v) is 11.5. The van der Waals surface area contributed by atoms with Crippen molar-refractivity contribution in [2.75, 3.05) is 0 Å². The van der Waals surface area contributed by atoms with Crippen molar-refractivity contribution >= 4 is 32.7 Å². The largest absolute Gasteiger partial charge is 0.309 e. The molecule has 44 heavy (non-hydrogen) atoms. The van der Waals surface area contributed by atoms with Gasteiger partial charge in [0.15, 0.2) is 11.6 Å². The van der Waals surface area contributed by atoms with Crippen molar-refractivity contribution in [3.8, 4) is 34.4 Å². The third-order valence-corrected chi connectivity index (χ3v) is 8.97. The van der Waals surface area contributed by atoms with E-state index in [1.165, 1.54) is 50.6 Å². The molecule has 0 saturated carbocycles. The number of hydrogen-bond donors (Lipinski definition) is 0. The molecular formula is C39H29N5. The van der Waals surface area contributed by atoms with E-state index in [2.05, 4.69) is 100 Å². The number of nitrogens with zero attached hydrogens (tertiary/aromatic N) is 5. The van der Waals surface area contributed by atoms with Gasteiger partial charge in [0.25, 0.3) is 0 Å². The van der Waals surface area contributed by atoms with Crippen LogP contribution in [0.2, 0.25) is 0 Å². The third kappa shape index (κ3) is 3.82. The van der Waals surface area contributed by atoms with Crippen molar-refractivity contribution in [2.45, 2.75) is 25.7 Å². The highest BCUT2D eigenvalue weighted by Gasteiger charge is 2.27. The molecule has 0 radical (unpaired) electrons. The average Bonchev–Trinajstić information content (AvgIpc) is 3.62. The van der Waals surface area contributed by atoms with Gasteiger partial charge in [-0.25, -0.2) is 4.98 Å². The van der Waals surface area contributed by atoms with Gasteiger partial charge >= 0.3 is 0 Å². The lowest BCUT2D eigenvalue weighted by molar-refractivity contribution is 0.661. The van der Waals surface area contributed by atoms with Gasteiger partial charge in [0.2, 0.25) is 5.95 Å². The Morgan fingerprint density at radius 1 is 0.477 bits per heavy atom. The third-order valence-electron chi connectivity index (χ3n) is 8.97. The maximum absolute atomic E-state index is 5.17. The standard InChI is InChI=1S/C39H29N5/c1-4-14-26(15-5-1)37-40-38(27-16-6-2-7-17-27)42-39(41-37)44-33-23-13-11-21-31(33)35-34(44)25-24-30-29-20-10-12-22-32(29)43(36(30)35)28-18-8-3-9-19-28/h1-10,12,14-20,22,24-25H,11,13,21,23H2. The number of rotatable bonds is 4. The molecule has 0 saturated heterocycles. The number of aromatic nitrogens is 5. The molecule has 210 valence electrons. The summed E-state index contributed by atoms with van der Waals surface area (Å²) in [4.78, 5) is 15.3. The first kappa shape index (κ1) is 25.0. The van der Waals surface area contributed by atoms with Crippen LogP contribution in [0.1, 0.15) is 24.1 Å². The molecule has 1 aliphatic rings. The van der Waals surface area contributed by atoms with E-state index in [1.54, 1.807) is 0 Å². The van der Waals surface area contributed by atoms with Gasteiger partial charge in [-0.15, -0.1) is 0 Å². The van der Waals surface area contributed by atoms with Gasteiger partial charge in [-0.2, -0.15) is 9.97 Å². The van der Waals surface area contributed by atoms with Crippen molar-refractivity contribution in [1.82, 2.24) is 24.1 Å². The predicted molar refractivity (Wildman–Crippen MR) is 179 cm³/mol. The summed E-state index contributed by atoms with van der Waals surface area (Å²) in [6, 6.07) is 44.5. The minimum absolute atomic E-state index is 0.674. The molecule has 0 bridgehead atoms. The van der Waals surface area contributed by atoms with E-state index in [-0.39, 0.29) is 0 Å². The maximum Gasteiger partial charge on any atom is 0.238 e. The highest BCUT2D eigenvalue weighted by atomic mass is 15.2. The molecule has 0 fully saturated rings. The van der Waals surface area contributed by atoms with Crippen LogP contribution in [0.3, 0.4) is 0 Å². The summed E-state index contributed by atoms with van der Waals surface area (Å²) in [6.45, 7) is 0. The molecule has 8 aromatic rings. The highest BCUT2D eigenvalue weighted by Crippen LogP contribution is 2.42. The first-order valence-electron chi connectivity index (χ1n) is 15.4. The lowest BCUT2D eigenvalue weighted by atomic mass is 9.94. The fraction of sp³-hybridized carbons (Fsp3) is 0.103. The Labute approximate surface area is 255 Å². The fourth-order valence-corrected chi connectivity index (χ4v) is 7.05. The molecule has 5 nitrogen and oxygen atoms in total. The summed E-state index contributed by atoms with van der Waals surface area (Å²) < 4.78 is 4.78. The van der Waals surface area contributed by atoms with E-state index in [0.29, 0.717) is 17.6 Å². The monoisotopic (exact) mass is 567 g/mol. The van der Waals surface area contributed by atoms with Crippen LogP contribution in [0.15, 0.2) is 127 Å². The summed E-state index contributed by atoms with van der Waals surface area (Å²) >= 11 is 0. The van der Waals surface area contributed by atoms with Gasteiger partial charge in [0.1, 0.15) is 0 Å². The first-order valence-corrected chi connectivity index (χ1v) is 15.4. The van der Waals surface area contributed by atoms with E-state index in [0.717, 1.165) is 35.9 Å². The van der Waals surface area contributed by atoms with Gasteiger partial charge in [-0.3, -0.25) is 4.57 Å². The van der Waals surface area contributed by atoms with E-state index >= 15 is 0 Å². The van der Waals surface area contributed by atoms with Crippen LogP contribution in [0.4, 0.5) is 0 Å². The Bertz CT molecular complexity index is 2260. The van der Waals surface area contributed by atoms with Gasteiger partial charge < -0.3 is 4.57 Å². The zero-order valence-electron chi connectivity index (χ0n) is 24.2. The second kappa shape index (κ2) is 10.0. The number of fused-ring (bicyclic) bond motifs is 7. The zero-order chi connectivity index (χ0) is 29.0. The molecule has 0 amide bonds. The summed E-state index contributed by atoms with van der Waals surface area (Å²) in [5.74, 6) is 2.04. The molecule has 3 heterocycles. The minimum atomic E-state index is 0.674. The van der Waals surface area contributed by atoms with Crippen LogP contribution >= 0.6 is 0 Å². The summed E-state index contributed by atoms with van der Waals surface area (Å²) in [5.41, 5.74) is 9.47. The Kier molecular flexibility index (Phi) is 5.69. The van der Waals surface area contributed by atoms with Crippen LogP contribution < -0.4 is 0 Å². The normalized spacial score (nSPS) is 13.1. The number of para-hydroxylation sites is 2. The van der Waals surface area contributed by atoms with Crippen molar-refractivity contribution in [2.24, 2.45) is 0 Å². The quantitative estimate of drug-likeness (QED) is 0.213. The topological polar surface area (TPSA) is 48.5 Å². The van der Waals surface area contributed by atoms with E-state index in [4.69, 9.17) is 15.0 Å². The second-order valence-electron chi connectivity index (χ2n) is 11.5. The Balaban J connectivity index is 1.41. The fourth-order valence-electron chi connectivity index (χ4n) is 7.05. The summed E-state index contributed by atoms with van der Waals surface area (Å²) in [6.07, 6.45) is 4.35. The SMILES string of the molecule is c1ccc(-c2nc(-c3ccccc3)nc(-n3c4c(c5c3ccc3c6ccccc6n(-c6ccccc6)c35)CCCC4)n2)cc1. The van der Waals surface area contributed by atoms with Crippen LogP contribution in [0.25, 0.3) is 67.1 Å². The molecule has 0 spiro atoms. The smallest absolute Gasteiger partial charge is 0.238 e. The Hall–Kier alpha value is -5.55. The lowest BCUT2D eigenvalue weighted by Gasteiger charge is -2.16. The number of benzene rings is 5. The van der Waals surface area contributed by atoms with Gasteiger partial charge in [-0.05, 0) is 55.5 Å².